The van der Waals surface area contributed by atoms with Crippen LogP contribution >= 0.6 is 0 Å². The van der Waals surface area contributed by atoms with E-state index in [0.29, 0.717) is 30.1 Å². The predicted molar refractivity (Wildman–Crippen MR) is 103 cm³/mol. The number of nitrogens with two attached hydrogens (primary N) is 1. The molecule has 4 aliphatic rings. The number of amides is 4. The quantitative estimate of drug-likeness (QED) is 0.713. The van der Waals surface area contributed by atoms with E-state index in [1.165, 1.54) is 6.42 Å². The number of likely N-dealkylation sites (tertiary alicyclic amines) is 1. The maximum Gasteiger partial charge on any atom is 0.262 e. The molecule has 2 saturated heterocycles. The van der Waals surface area contributed by atoms with E-state index in [-0.39, 0.29) is 24.3 Å². The number of nitrogens with one attached hydrogen (secondary N) is 1. The van der Waals surface area contributed by atoms with Gasteiger partial charge in [0.25, 0.3) is 11.8 Å². The topological polar surface area (TPSA) is 113 Å². The number of rotatable bonds is 4. The number of carbonyl (C=O) groups excluding carboxylic acids is 4. The highest BCUT2D eigenvalue weighted by Crippen LogP contribution is 2.46. The zero-order valence-electron chi connectivity index (χ0n) is 16.1. The van der Waals surface area contributed by atoms with Crippen molar-refractivity contribution in [1.82, 2.24) is 15.1 Å². The zero-order chi connectivity index (χ0) is 20.3. The average molecular weight is 396 g/mol. The SMILES string of the molecule is NCC12CCC(CN1Cc1cccc3c1C(=O)N(C1CCC(=O)NC1=O)C3=O)C2. The summed E-state index contributed by atoms with van der Waals surface area (Å²) in [5, 5.41) is 2.23. The molecule has 3 atom stereocenters. The van der Waals surface area contributed by atoms with Crippen LogP contribution in [-0.2, 0) is 16.1 Å². The van der Waals surface area contributed by atoms with E-state index in [1.807, 2.05) is 6.07 Å². The first-order valence-electron chi connectivity index (χ1n) is 10.2. The Morgan fingerprint density at radius 1 is 1.14 bits per heavy atom. The first kappa shape index (κ1) is 18.4. The van der Waals surface area contributed by atoms with E-state index in [2.05, 4.69) is 10.2 Å². The number of piperidine rings is 2. The molecule has 3 unspecified atom stereocenters. The third-order valence-electron chi connectivity index (χ3n) is 7.13. The van der Waals surface area contributed by atoms with Crippen molar-refractivity contribution in [3.05, 3.63) is 34.9 Å². The fraction of sp³-hybridized carbons (Fsp3) is 0.524. The van der Waals surface area contributed by atoms with Crippen LogP contribution < -0.4 is 11.1 Å². The van der Waals surface area contributed by atoms with Gasteiger partial charge < -0.3 is 5.73 Å². The molecule has 3 N–H and O–H groups in total. The second-order valence-corrected chi connectivity index (χ2v) is 8.70. The van der Waals surface area contributed by atoms with E-state index in [0.717, 1.165) is 29.8 Å². The minimum atomic E-state index is -0.939. The first-order valence-corrected chi connectivity index (χ1v) is 10.2. The molecule has 8 nitrogen and oxygen atoms in total. The van der Waals surface area contributed by atoms with Gasteiger partial charge in [0.1, 0.15) is 6.04 Å². The zero-order valence-corrected chi connectivity index (χ0v) is 16.1. The van der Waals surface area contributed by atoms with Gasteiger partial charge in [0.05, 0.1) is 11.1 Å². The van der Waals surface area contributed by atoms with Gasteiger partial charge in [0, 0.05) is 31.6 Å². The van der Waals surface area contributed by atoms with Gasteiger partial charge in [-0.1, -0.05) is 12.1 Å². The van der Waals surface area contributed by atoms with Crippen molar-refractivity contribution >= 4 is 23.6 Å². The summed E-state index contributed by atoms with van der Waals surface area (Å²) < 4.78 is 0. The Hall–Kier alpha value is -2.58. The van der Waals surface area contributed by atoms with Crippen LogP contribution in [0.3, 0.4) is 0 Å². The van der Waals surface area contributed by atoms with Gasteiger partial charge >= 0.3 is 0 Å². The molecular weight excluding hydrogens is 372 g/mol. The summed E-state index contributed by atoms with van der Waals surface area (Å²) in [6.45, 7) is 2.12. The minimum Gasteiger partial charge on any atom is -0.329 e. The molecule has 0 radical (unpaired) electrons. The monoisotopic (exact) mass is 396 g/mol. The van der Waals surface area contributed by atoms with E-state index in [1.54, 1.807) is 12.1 Å². The van der Waals surface area contributed by atoms with Crippen LogP contribution in [0.2, 0.25) is 0 Å². The van der Waals surface area contributed by atoms with E-state index in [4.69, 9.17) is 5.73 Å². The lowest BCUT2D eigenvalue weighted by Gasteiger charge is -2.38. The Labute approximate surface area is 168 Å². The Kier molecular flexibility index (Phi) is 4.11. The molecule has 0 spiro atoms. The molecule has 29 heavy (non-hydrogen) atoms. The molecule has 152 valence electrons. The lowest BCUT2D eigenvalue weighted by atomic mass is 9.95. The Morgan fingerprint density at radius 2 is 1.97 bits per heavy atom. The van der Waals surface area contributed by atoms with Gasteiger partial charge in [-0.2, -0.15) is 0 Å². The van der Waals surface area contributed by atoms with Gasteiger partial charge in [-0.3, -0.25) is 34.3 Å². The minimum absolute atomic E-state index is 0.0116. The summed E-state index contributed by atoms with van der Waals surface area (Å²) in [5.74, 6) is -1.22. The number of carbonyl (C=O) groups is 4. The van der Waals surface area contributed by atoms with Gasteiger partial charge in [-0.15, -0.1) is 0 Å². The molecular formula is C21H24N4O4. The number of imide groups is 2. The van der Waals surface area contributed by atoms with Gasteiger partial charge in [-0.25, -0.2) is 0 Å². The van der Waals surface area contributed by atoms with Crippen LogP contribution in [0.15, 0.2) is 18.2 Å². The Morgan fingerprint density at radius 3 is 2.69 bits per heavy atom. The van der Waals surface area contributed by atoms with Crippen LogP contribution in [0.25, 0.3) is 0 Å². The Balaban J connectivity index is 1.45. The lowest BCUT2D eigenvalue weighted by molar-refractivity contribution is -0.136. The van der Waals surface area contributed by atoms with Crippen molar-refractivity contribution in [3.8, 4) is 0 Å². The standard InChI is InChI=1S/C21H24N4O4/c22-11-21-7-6-12(8-21)9-24(21)10-13-2-1-3-14-17(13)20(29)25(19(14)28)15-4-5-16(26)23-18(15)27/h1-3,12,15H,4-11,22H2,(H,23,26,27). The summed E-state index contributed by atoms with van der Waals surface area (Å²) in [5.41, 5.74) is 7.63. The van der Waals surface area contributed by atoms with Crippen LogP contribution in [-0.4, -0.2) is 58.1 Å². The smallest absolute Gasteiger partial charge is 0.262 e. The number of benzene rings is 1. The third kappa shape index (κ3) is 2.66. The molecule has 0 aromatic heterocycles. The summed E-state index contributed by atoms with van der Waals surface area (Å²) >= 11 is 0. The second kappa shape index (κ2) is 6.47. The summed E-state index contributed by atoms with van der Waals surface area (Å²) in [4.78, 5) is 53.3. The molecule has 5 rings (SSSR count). The van der Waals surface area contributed by atoms with Crippen molar-refractivity contribution in [1.29, 1.82) is 0 Å². The maximum absolute atomic E-state index is 13.2. The maximum atomic E-state index is 13.2. The normalized spacial score (nSPS) is 31.6. The predicted octanol–water partition coefficient (Wildman–Crippen LogP) is 0.401. The van der Waals surface area contributed by atoms with Crippen LogP contribution in [0, 0.1) is 5.92 Å². The molecule has 3 fully saturated rings. The summed E-state index contributed by atoms with van der Waals surface area (Å²) in [6, 6.07) is 4.37. The number of hydrogen-bond acceptors (Lipinski definition) is 6. The van der Waals surface area contributed by atoms with E-state index in [9.17, 15) is 19.2 Å². The fourth-order valence-corrected chi connectivity index (χ4v) is 5.63. The number of hydrogen-bond donors (Lipinski definition) is 2. The molecule has 1 saturated carbocycles. The van der Waals surface area contributed by atoms with Crippen molar-refractivity contribution < 1.29 is 19.2 Å². The molecule has 8 heteroatoms. The van der Waals surface area contributed by atoms with Crippen molar-refractivity contribution in [2.45, 2.75) is 50.2 Å². The lowest BCUT2D eigenvalue weighted by Crippen LogP contribution is -2.54. The largest absolute Gasteiger partial charge is 0.329 e. The first-order chi connectivity index (χ1) is 13.9. The van der Waals surface area contributed by atoms with Gasteiger partial charge in [0.15, 0.2) is 0 Å². The molecule has 2 bridgehead atoms. The third-order valence-corrected chi connectivity index (χ3v) is 7.13. The molecule has 1 aliphatic carbocycles. The van der Waals surface area contributed by atoms with E-state index < -0.39 is 23.8 Å². The summed E-state index contributed by atoms with van der Waals surface area (Å²) in [6.07, 6.45) is 3.63. The number of nitrogens with zero attached hydrogens (tertiary/aromatic N) is 2. The highest BCUT2D eigenvalue weighted by atomic mass is 16.2. The molecule has 1 aromatic carbocycles. The fourth-order valence-electron chi connectivity index (χ4n) is 5.63. The Bertz CT molecular complexity index is 945. The van der Waals surface area contributed by atoms with Crippen LogP contribution in [0.4, 0.5) is 0 Å². The van der Waals surface area contributed by atoms with Crippen molar-refractivity contribution in [3.63, 3.8) is 0 Å². The highest BCUT2D eigenvalue weighted by molar-refractivity contribution is 6.24. The molecule has 3 heterocycles. The van der Waals surface area contributed by atoms with Crippen molar-refractivity contribution in [2.24, 2.45) is 11.7 Å². The molecule has 3 aliphatic heterocycles. The van der Waals surface area contributed by atoms with Gasteiger partial charge in [0.2, 0.25) is 11.8 Å². The molecule has 4 amide bonds. The average Bonchev–Trinajstić information content (AvgIpc) is 3.34. The molecule has 1 aromatic rings. The second-order valence-electron chi connectivity index (χ2n) is 8.70. The van der Waals surface area contributed by atoms with Crippen LogP contribution in [0.1, 0.15) is 58.4 Å². The summed E-state index contributed by atoms with van der Waals surface area (Å²) in [7, 11) is 0. The van der Waals surface area contributed by atoms with Crippen LogP contribution in [0.5, 0.6) is 0 Å². The van der Waals surface area contributed by atoms with Gasteiger partial charge in [-0.05, 0) is 43.2 Å². The highest BCUT2D eigenvalue weighted by Gasteiger charge is 2.50. The number of fused-ring (bicyclic) bond motifs is 3. The van der Waals surface area contributed by atoms with Crippen molar-refractivity contribution in [2.75, 3.05) is 13.1 Å². The van der Waals surface area contributed by atoms with E-state index >= 15 is 0 Å².